The van der Waals surface area contributed by atoms with Crippen molar-refractivity contribution in [3.05, 3.63) is 48.2 Å². The predicted octanol–water partition coefficient (Wildman–Crippen LogP) is 2.59. The molecule has 1 atom stereocenters. The van der Waals surface area contributed by atoms with E-state index in [1.165, 1.54) is 0 Å². The Morgan fingerprint density at radius 1 is 1.27 bits per heavy atom. The number of piperidine rings is 1. The van der Waals surface area contributed by atoms with Crippen LogP contribution in [-0.4, -0.2) is 34.9 Å². The lowest BCUT2D eigenvalue weighted by Crippen LogP contribution is -2.46. The Labute approximate surface area is 130 Å². The molecular weight excluding hydrogens is 274 g/mol. The highest BCUT2D eigenvalue weighted by molar-refractivity contribution is 5.92. The number of benzene rings is 1. The van der Waals surface area contributed by atoms with Crippen LogP contribution in [0.4, 0.5) is 0 Å². The van der Waals surface area contributed by atoms with Crippen molar-refractivity contribution >= 4 is 22.9 Å². The topological polar surface area (TPSA) is 59.2 Å². The fraction of sp³-hybridized carbons (Fsp3) is 0.333. The van der Waals surface area contributed by atoms with Gasteiger partial charge in [0.05, 0.1) is 11.2 Å². The van der Waals surface area contributed by atoms with Gasteiger partial charge in [-0.05, 0) is 37.5 Å². The molecule has 114 valence electrons. The number of pyridine rings is 1. The Kier molecular flexibility index (Phi) is 4.49. The van der Waals surface area contributed by atoms with E-state index in [1.54, 1.807) is 12.2 Å². The van der Waals surface area contributed by atoms with Crippen molar-refractivity contribution in [3.8, 4) is 0 Å². The number of nitrogens with zero attached hydrogens (tertiary/aromatic N) is 2. The number of fused-ring (bicyclic) bond motifs is 1. The summed E-state index contributed by atoms with van der Waals surface area (Å²) < 4.78 is 0. The standard InChI is InChI=1S/C18H21N3O/c19-13-16-6-3-4-12-21(16)18(22)11-10-15-9-8-14-5-1-2-7-17(14)20-15/h1-2,5,7-11,16H,3-4,6,12-13,19H2. The summed E-state index contributed by atoms with van der Waals surface area (Å²) in [4.78, 5) is 18.8. The van der Waals surface area contributed by atoms with Crippen LogP contribution >= 0.6 is 0 Å². The number of aromatic nitrogens is 1. The van der Waals surface area contributed by atoms with Gasteiger partial charge < -0.3 is 10.6 Å². The van der Waals surface area contributed by atoms with Gasteiger partial charge in [-0.15, -0.1) is 0 Å². The molecule has 1 amide bonds. The van der Waals surface area contributed by atoms with E-state index < -0.39 is 0 Å². The van der Waals surface area contributed by atoms with E-state index in [4.69, 9.17) is 5.73 Å². The fourth-order valence-corrected chi connectivity index (χ4v) is 2.96. The van der Waals surface area contributed by atoms with Gasteiger partial charge in [0.15, 0.2) is 0 Å². The third-order valence-corrected chi connectivity index (χ3v) is 4.20. The van der Waals surface area contributed by atoms with Crippen molar-refractivity contribution in [2.24, 2.45) is 5.73 Å². The molecule has 0 spiro atoms. The van der Waals surface area contributed by atoms with Crippen LogP contribution in [0.2, 0.25) is 0 Å². The Hall–Kier alpha value is -2.20. The Bertz CT molecular complexity index is 696. The number of nitrogens with two attached hydrogens (primary N) is 1. The SMILES string of the molecule is NCC1CCCCN1C(=O)C=Cc1ccc2ccccc2n1. The molecular formula is C18H21N3O. The Morgan fingerprint density at radius 3 is 3.00 bits per heavy atom. The molecule has 1 aromatic heterocycles. The van der Waals surface area contributed by atoms with Crippen molar-refractivity contribution in [1.29, 1.82) is 0 Å². The lowest BCUT2D eigenvalue weighted by atomic mass is 10.0. The Balaban J connectivity index is 1.75. The van der Waals surface area contributed by atoms with Crippen molar-refractivity contribution in [3.63, 3.8) is 0 Å². The van der Waals surface area contributed by atoms with Crippen molar-refractivity contribution < 1.29 is 4.79 Å². The zero-order chi connectivity index (χ0) is 15.4. The molecule has 0 aliphatic carbocycles. The lowest BCUT2D eigenvalue weighted by molar-refractivity contribution is -0.129. The normalized spacial score (nSPS) is 19.0. The monoisotopic (exact) mass is 295 g/mol. The molecule has 2 aromatic rings. The van der Waals surface area contributed by atoms with Crippen LogP contribution in [0.15, 0.2) is 42.5 Å². The molecule has 1 saturated heterocycles. The van der Waals surface area contributed by atoms with Crippen LogP contribution in [-0.2, 0) is 4.79 Å². The quantitative estimate of drug-likeness (QED) is 0.885. The molecule has 0 radical (unpaired) electrons. The van der Waals surface area contributed by atoms with E-state index in [-0.39, 0.29) is 11.9 Å². The predicted molar refractivity (Wildman–Crippen MR) is 89.2 cm³/mol. The summed E-state index contributed by atoms with van der Waals surface area (Å²) in [6, 6.07) is 12.1. The van der Waals surface area contributed by atoms with Crippen LogP contribution in [0.25, 0.3) is 17.0 Å². The summed E-state index contributed by atoms with van der Waals surface area (Å²) in [5, 5.41) is 1.10. The van der Waals surface area contributed by atoms with E-state index in [0.29, 0.717) is 6.54 Å². The van der Waals surface area contributed by atoms with Crippen molar-refractivity contribution in [1.82, 2.24) is 9.88 Å². The molecule has 1 aliphatic heterocycles. The summed E-state index contributed by atoms with van der Waals surface area (Å²) >= 11 is 0. The summed E-state index contributed by atoms with van der Waals surface area (Å²) in [5.41, 5.74) is 7.51. The van der Waals surface area contributed by atoms with Crippen LogP contribution in [0.5, 0.6) is 0 Å². The number of likely N-dealkylation sites (tertiary alicyclic amines) is 1. The van der Waals surface area contributed by atoms with Gasteiger partial charge in [-0.3, -0.25) is 4.79 Å². The highest BCUT2D eigenvalue weighted by Gasteiger charge is 2.23. The van der Waals surface area contributed by atoms with Crippen LogP contribution in [0.3, 0.4) is 0 Å². The molecule has 4 nitrogen and oxygen atoms in total. The van der Waals surface area contributed by atoms with Gasteiger partial charge >= 0.3 is 0 Å². The average Bonchev–Trinajstić information content (AvgIpc) is 2.59. The van der Waals surface area contributed by atoms with Crippen molar-refractivity contribution in [2.45, 2.75) is 25.3 Å². The van der Waals surface area contributed by atoms with Gasteiger partial charge in [0.2, 0.25) is 5.91 Å². The van der Waals surface area contributed by atoms with E-state index >= 15 is 0 Å². The highest BCUT2D eigenvalue weighted by atomic mass is 16.2. The van der Waals surface area contributed by atoms with Gasteiger partial charge in [-0.2, -0.15) is 0 Å². The zero-order valence-corrected chi connectivity index (χ0v) is 12.6. The first-order chi connectivity index (χ1) is 10.8. The van der Waals surface area contributed by atoms with E-state index in [1.807, 2.05) is 41.3 Å². The molecule has 4 heteroatoms. The zero-order valence-electron chi connectivity index (χ0n) is 12.6. The minimum Gasteiger partial charge on any atom is -0.335 e. The number of carbonyl (C=O) groups excluding carboxylic acids is 1. The number of para-hydroxylation sites is 1. The maximum atomic E-state index is 12.4. The third-order valence-electron chi connectivity index (χ3n) is 4.20. The summed E-state index contributed by atoms with van der Waals surface area (Å²) in [6.45, 7) is 1.34. The minimum atomic E-state index is 0.0325. The second-order valence-electron chi connectivity index (χ2n) is 5.68. The second-order valence-corrected chi connectivity index (χ2v) is 5.68. The van der Waals surface area contributed by atoms with E-state index in [0.717, 1.165) is 42.4 Å². The molecule has 0 saturated carbocycles. The highest BCUT2D eigenvalue weighted by Crippen LogP contribution is 2.17. The van der Waals surface area contributed by atoms with Gasteiger partial charge in [0, 0.05) is 30.6 Å². The first-order valence-corrected chi connectivity index (χ1v) is 7.82. The molecule has 2 N–H and O–H groups in total. The number of hydrogen-bond acceptors (Lipinski definition) is 3. The molecule has 22 heavy (non-hydrogen) atoms. The lowest BCUT2D eigenvalue weighted by Gasteiger charge is -2.34. The minimum absolute atomic E-state index is 0.0325. The van der Waals surface area contributed by atoms with Gasteiger partial charge in [0.25, 0.3) is 0 Å². The molecule has 0 bridgehead atoms. The number of amides is 1. The summed E-state index contributed by atoms with van der Waals surface area (Å²) in [5.74, 6) is 0.0325. The first kappa shape index (κ1) is 14.7. The first-order valence-electron chi connectivity index (χ1n) is 7.82. The number of carbonyl (C=O) groups is 1. The molecule has 2 heterocycles. The molecule has 1 aromatic carbocycles. The van der Waals surface area contributed by atoms with E-state index in [2.05, 4.69) is 4.98 Å². The maximum Gasteiger partial charge on any atom is 0.246 e. The fourth-order valence-electron chi connectivity index (χ4n) is 2.96. The average molecular weight is 295 g/mol. The second kappa shape index (κ2) is 6.71. The molecule has 1 aliphatic rings. The molecule has 1 fully saturated rings. The molecule has 3 rings (SSSR count). The third kappa shape index (κ3) is 3.17. The van der Waals surface area contributed by atoms with E-state index in [9.17, 15) is 4.79 Å². The van der Waals surface area contributed by atoms with Crippen LogP contribution in [0, 0.1) is 0 Å². The van der Waals surface area contributed by atoms with Crippen molar-refractivity contribution in [2.75, 3.05) is 13.1 Å². The van der Waals surface area contributed by atoms with Crippen LogP contribution < -0.4 is 5.73 Å². The van der Waals surface area contributed by atoms with Gasteiger partial charge in [-0.25, -0.2) is 4.98 Å². The summed E-state index contributed by atoms with van der Waals surface area (Å²) in [7, 11) is 0. The number of rotatable bonds is 3. The van der Waals surface area contributed by atoms with Gasteiger partial charge in [0.1, 0.15) is 0 Å². The smallest absolute Gasteiger partial charge is 0.246 e. The Morgan fingerprint density at radius 2 is 2.14 bits per heavy atom. The summed E-state index contributed by atoms with van der Waals surface area (Å²) in [6.07, 6.45) is 6.62. The van der Waals surface area contributed by atoms with Crippen LogP contribution in [0.1, 0.15) is 25.0 Å². The molecule has 1 unspecified atom stereocenters. The maximum absolute atomic E-state index is 12.4. The largest absolute Gasteiger partial charge is 0.335 e. The van der Waals surface area contributed by atoms with Gasteiger partial charge in [-0.1, -0.05) is 24.3 Å². The number of hydrogen-bond donors (Lipinski definition) is 1.